The molecule has 126 valence electrons. The summed E-state index contributed by atoms with van der Waals surface area (Å²) >= 11 is 6.05. The van der Waals surface area contributed by atoms with Crippen LogP contribution in [0.15, 0.2) is 40.1 Å². The van der Waals surface area contributed by atoms with Crippen LogP contribution in [0.3, 0.4) is 0 Å². The van der Waals surface area contributed by atoms with Gasteiger partial charge in [0.25, 0.3) is 5.56 Å². The average molecular weight is 347 g/mol. The van der Waals surface area contributed by atoms with Gasteiger partial charge in [0, 0.05) is 48.6 Å². The number of aliphatic imine (C=N–C) groups is 1. The Labute approximate surface area is 144 Å². The van der Waals surface area contributed by atoms with Crippen LogP contribution in [-0.4, -0.2) is 47.0 Å². The summed E-state index contributed by atoms with van der Waals surface area (Å²) in [6.07, 6.45) is 0. The van der Waals surface area contributed by atoms with Crippen LogP contribution in [0.5, 0.6) is 0 Å². The molecule has 0 amide bonds. The molecule has 3 rings (SSSR count). The van der Waals surface area contributed by atoms with E-state index in [1.54, 1.807) is 6.92 Å². The molecule has 8 heteroatoms. The minimum atomic E-state index is -0.236. The molecule has 1 saturated heterocycles. The highest BCUT2D eigenvalue weighted by atomic mass is 35.5. The largest absolute Gasteiger partial charge is 0.369 e. The molecule has 0 bridgehead atoms. The first-order chi connectivity index (χ1) is 11.5. The van der Waals surface area contributed by atoms with E-state index in [1.807, 2.05) is 29.2 Å². The Balaban J connectivity index is 1.67. The lowest BCUT2D eigenvalue weighted by Crippen LogP contribution is -2.51. The molecule has 24 heavy (non-hydrogen) atoms. The molecule has 0 atom stereocenters. The summed E-state index contributed by atoms with van der Waals surface area (Å²) in [6, 6.07) is 9.22. The Kier molecular flexibility index (Phi) is 4.71. The highest BCUT2D eigenvalue weighted by Crippen LogP contribution is 2.20. The average Bonchev–Trinajstić information content (AvgIpc) is 2.54. The summed E-state index contributed by atoms with van der Waals surface area (Å²) in [7, 11) is 0. The molecule has 7 nitrogen and oxygen atoms in total. The number of anilines is 1. The standard InChI is InChI=1S/C16H19ClN6O/c1-11-9-14(24)20-16(19-11)21-15(18)23-7-5-22(6-8-23)13-4-2-3-12(17)10-13/h2-4,9-10H,5-8H2,1H3,(H3,18,19,20,21,24). The van der Waals surface area contributed by atoms with E-state index < -0.39 is 0 Å². The summed E-state index contributed by atoms with van der Waals surface area (Å²) < 4.78 is 0. The van der Waals surface area contributed by atoms with Crippen molar-refractivity contribution in [1.82, 2.24) is 14.9 Å². The maximum absolute atomic E-state index is 11.5. The molecule has 2 aromatic rings. The first kappa shape index (κ1) is 16.3. The molecule has 3 N–H and O–H groups in total. The Hall–Kier alpha value is -2.54. The number of rotatable bonds is 2. The van der Waals surface area contributed by atoms with E-state index in [2.05, 4.69) is 19.9 Å². The van der Waals surface area contributed by atoms with Crippen LogP contribution in [0.2, 0.25) is 5.02 Å². The first-order valence-corrected chi connectivity index (χ1v) is 8.07. The number of hydrogen-bond donors (Lipinski definition) is 2. The maximum atomic E-state index is 11.5. The van der Waals surface area contributed by atoms with Crippen molar-refractivity contribution >= 4 is 29.2 Å². The lowest BCUT2D eigenvalue weighted by Gasteiger charge is -2.36. The lowest BCUT2D eigenvalue weighted by molar-refractivity contribution is 0.382. The van der Waals surface area contributed by atoms with Crippen molar-refractivity contribution < 1.29 is 0 Å². The lowest BCUT2D eigenvalue weighted by atomic mass is 10.2. The maximum Gasteiger partial charge on any atom is 0.252 e. The topological polar surface area (TPSA) is 90.6 Å². The van der Waals surface area contributed by atoms with Crippen LogP contribution < -0.4 is 16.2 Å². The number of H-pyrrole nitrogens is 1. The fourth-order valence-electron chi connectivity index (χ4n) is 2.66. The SMILES string of the molecule is Cc1cc(=O)[nH]c(/N=C(\N)N2CCN(c3cccc(Cl)c3)CC2)n1. The molecule has 1 aliphatic heterocycles. The fraction of sp³-hybridized carbons (Fsp3) is 0.312. The van der Waals surface area contributed by atoms with E-state index in [0.717, 1.165) is 36.9 Å². The molecule has 0 aliphatic carbocycles. The molecule has 0 unspecified atom stereocenters. The molecule has 1 aliphatic rings. The number of nitrogens with zero attached hydrogens (tertiary/aromatic N) is 4. The number of nitrogens with one attached hydrogen (secondary N) is 1. The van der Waals surface area contributed by atoms with Gasteiger partial charge in [-0.25, -0.2) is 4.98 Å². The number of piperazine rings is 1. The molecular formula is C16H19ClN6O. The Morgan fingerprint density at radius 3 is 2.71 bits per heavy atom. The first-order valence-electron chi connectivity index (χ1n) is 7.69. The minimum Gasteiger partial charge on any atom is -0.369 e. The second-order valence-corrected chi connectivity index (χ2v) is 6.07. The highest BCUT2D eigenvalue weighted by molar-refractivity contribution is 6.30. The van der Waals surface area contributed by atoms with Crippen LogP contribution in [0.4, 0.5) is 11.6 Å². The van der Waals surface area contributed by atoms with Gasteiger partial charge in [-0.1, -0.05) is 17.7 Å². The van der Waals surface area contributed by atoms with Crippen molar-refractivity contribution in [2.75, 3.05) is 31.1 Å². The zero-order valence-corrected chi connectivity index (χ0v) is 14.1. The van der Waals surface area contributed by atoms with Gasteiger partial charge >= 0.3 is 0 Å². The van der Waals surface area contributed by atoms with Gasteiger partial charge in [0.2, 0.25) is 5.95 Å². The number of benzene rings is 1. The van der Waals surface area contributed by atoms with Crippen LogP contribution in [-0.2, 0) is 0 Å². The summed E-state index contributed by atoms with van der Waals surface area (Å²) in [5.74, 6) is 0.587. The summed E-state index contributed by atoms with van der Waals surface area (Å²) in [6.45, 7) is 4.84. The number of aryl methyl sites for hydroxylation is 1. The zero-order chi connectivity index (χ0) is 17.1. The Bertz CT molecular complexity index is 810. The number of nitrogens with two attached hydrogens (primary N) is 1. The van der Waals surface area contributed by atoms with Gasteiger partial charge in [0.05, 0.1) is 0 Å². The molecule has 1 aromatic carbocycles. The molecule has 2 heterocycles. The predicted octanol–water partition coefficient (Wildman–Crippen LogP) is 1.50. The minimum absolute atomic E-state index is 0.231. The van der Waals surface area contributed by atoms with Gasteiger partial charge in [-0.15, -0.1) is 0 Å². The van der Waals surface area contributed by atoms with E-state index in [4.69, 9.17) is 17.3 Å². The van der Waals surface area contributed by atoms with Crippen molar-refractivity contribution in [3.8, 4) is 0 Å². The van der Waals surface area contributed by atoms with E-state index in [-0.39, 0.29) is 11.5 Å². The molecule has 0 spiro atoms. The summed E-state index contributed by atoms with van der Waals surface area (Å²) in [5.41, 5.74) is 7.53. The molecule has 1 aromatic heterocycles. The molecule has 1 fully saturated rings. The van der Waals surface area contributed by atoms with Crippen molar-refractivity contribution in [2.24, 2.45) is 10.7 Å². The van der Waals surface area contributed by atoms with Gasteiger partial charge in [-0.05, 0) is 25.1 Å². The number of aromatic amines is 1. The van der Waals surface area contributed by atoms with E-state index in [9.17, 15) is 4.79 Å². The molecule has 0 saturated carbocycles. The highest BCUT2D eigenvalue weighted by Gasteiger charge is 2.19. The van der Waals surface area contributed by atoms with Crippen molar-refractivity contribution in [2.45, 2.75) is 6.92 Å². The second kappa shape index (κ2) is 6.92. The molecule has 0 radical (unpaired) electrons. The van der Waals surface area contributed by atoms with Crippen molar-refractivity contribution in [3.63, 3.8) is 0 Å². The van der Waals surface area contributed by atoms with Gasteiger partial charge in [0.15, 0.2) is 5.96 Å². The Morgan fingerprint density at radius 1 is 1.29 bits per heavy atom. The zero-order valence-electron chi connectivity index (χ0n) is 13.4. The van der Waals surface area contributed by atoms with E-state index in [1.165, 1.54) is 6.07 Å². The van der Waals surface area contributed by atoms with E-state index in [0.29, 0.717) is 11.7 Å². The summed E-state index contributed by atoms with van der Waals surface area (Å²) in [5, 5.41) is 0.727. The van der Waals surface area contributed by atoms with E-state index >= 15 is 0 Å². The van der Waals surface area contributed by atoms with Gasteiger partial charge in [-0.3, -0.25) is 9.78 Å². The van der Waals surface area contributed by atoms with Crippen molar-refractivity contribution in [3.05, 3.63) is 51.4 Å². The smallest absolute Gasteiger partial charge is 0.252 e. The molecular weight excluding hydrogens is 328 g/mol. The van der Waals surface area contributed by atoms with Crippen LogP contribution >= 0.6 is 11.6 Å². The van der Waals surface area contributed by atoms with Crippen LogP contribution in [0, 0.1) is 6.92 Å². The second-order valence-electron chi connectivity index (χ2n) is 5.63. The predicted molar refractivity (Wildman–Crippen MR) is 96.1 cm³/mol. The monoisotopic (exact) mass is 346 g/mol. The fourth-order valence-corrected chi connectivity index (χ4v) is 2.85. The Morgan fingerprint density at radius 2 is 2.04 bits per heavy atom. The normalized spacial score (nSPS) is 15.7. The third-order valence-electron chi connectivity index (χ3n) is 3.85. The summed E-state index contributed by atoms with van der Waals surface area (Å²) in [4.78, 5) is 26.7. The third-order valence-corrected chi connectivity index (χ3v) is 4.09. The number of halogens is 1. The number of aromatic nitrogens is 2. The van der Waals surface area contributed by atoms with Crippen LogP contribution in [0.1, 0.15) is 5.69 Å². The van der Waals surface area contributed by atoms with Gasteiger partial charge in [-0.2, -0.15) is 4.99 Å². The van der Waals surface area contributed by atoms with Crippen LogP contribution in [0.25, 0.3) is 0 Å². The third kappa shape index (κ3) is 3.86. The van der Waals surface area contributed by atoms with Gasteiger partial charge < -0.3 is 15.5 Å². The quantitative estimate of drug-likeness (QED) is 0.635. The van der Waals surface area contributed by atoms with Gasteiger partial charge in [0.1, 0.15) is 0 Å². The van der Waals surface area contributed by atoms with Crippen molar-refractivity contribution in [1.29, 1.82) is 0 Å². The number of hydrogen-bond acceptors (Lipinski definition) is 4. The number of guanidine groups is 1.